The third-order valence-electron chi connectivity index (χ3n) is 4.57. The molecule has 0 spiro atoms. The number of nitrogens with zero attached hydrogens (tertiary/aromatic N) is 3. The van der Waals surface area contributed by atoms with Gasteiger partial charge in [-0.05, 0) is 30.7 Å². The number of thiazole rings is 1. The minimum atomic E-state index is -0.202. The molecule has 0 radical (unpaired) electrons. The average molecular weight is 372 g/mol. The molecule has 4 rings (SSSR count). The maximum atomic E-state index is 12.4. The van der Waals surface area contributed by atoms with Gasteiger partial charge in [-0.2, -0.15) is 0 Å². The van der Waals surface area contributed by atoms with Gasteiger partial charge < -0.3 is 9.64 Å². The van der Waals surface area contributed by atoms with Crippen LogP contribution in [0.1, 0.15) is 23.2 Å². The number of amides is 2. The van der Waals surface area contributed by atoms with Crippen molar-refractivity contribution in [1.82, 2.24) is 4.98 Å². The van der Waals surface area contributed by atoms with E-state index in [1.165, 1.54) is 11.3 Å². The van der Waals surface area contributed by atoms with Crippen LogP contribution in [0.5, 0.6) is 0 Å². The van der Waals surface area contributed by atoms with Crippen LogP contribution in [-0.2, 0) is 9.53 Å². The first-order valence-corrected chi connectivity index (χ1v) is 9.59. The van der Waals surface area contributed by atoms with Gasteiger partial charge in [0.15, 0.2) is 5.13 Å². The Morgan fingerprint density at radius 3 is 2.62 bits per heavy atom. The van der Waals surface area contributed by atoms with Crippen LogP contribution in [0, 0.1) is 0 Å². The predicted molar refractivity (Wildman–Crippen MR) is 101 cm³/mol. The molecule has 0 unspecified atom stereocenters. The normalized spacial score (nSPS) is 17.6. The zero-order valence-corrected chi connectivity index (χ0v) is 15.1. The fraction of sp³-hybridized carbons (Fsp3) is 0.389. The number of aromatic nitrogens is 1. The van der Waals surface area contributed by atoms with Crippen LogP contribution in [0.4, 0.5) is 16.6 Å². The summed E-state index contributed by atoms with van der Waals surface area (Å²) in [5.74, 6) is 0.509. The van der Waals surface area contributed by atoms with Gasteiger partial charge in [0.25, 0.3) is 5.91 Å². The SMILES string of the molecule is O=C(Nc1nc(N2CCCC2=O)cs1)c1ccc(N2CCOCC2)cc1. The highest BCUT2D eigenvalue weighted by Gasteiger charge is 2.24. The first kappa shape index (κ1) is 17.0. The van der Waals surface area contributed by atoms with Crippen molar-refractivity contribution >= 4 is 39.8 Å². The summed E-state index contributed by atoms with van der Waals surface area (Å²) < 4.78 is 5.36. The van der Waals surface area contributed by atoms with Gasteiger partial charge in [0.05, 0.1) is 13.2 Å². The van der Waals surface area contributed by atoms with E-state index in [4.69, 9.17) is 4.74 Å². The average Bonchev–Trinajstić information content (AvgIpc) is 3.31. The number of nitrogens with one attached hydrogen (secondary N) is 1. The zero-order valence-electron chi connectivity index (χ0n) is 14.3. The Morgan fingerprint density at radius 2 is 1.92 bits per heavy atom. The summed E-state index contributed by atoms with van der Waals surface area (Å²) >= 11 is 1.33. The van der Waals surface area contributed by atoms with Gasteiger partial charge >= 0.3 is 0 Å². The topological polar surface area (TPSA) is 74.8 Å². The molecular weight excluding hydrogens is 352 g/mol. The summed E-state index contributed by atoms with van der Waals surface area (Å²) in [7, 11) is 0. The highest BCUT2D eigenvalue weighted by molar-refractivity contribution is 7.14. The summed E-state index contributed by atoms with van der Waals surface area (Å²) in [5, 5.41) is 5.12. The van der Waals surface area contributed by atoms with Crippen molar-refractivity contribution in [2.24, 2.45) is 0 Å². The van der Waals surface area contributed by atoms with E-state index >= 15 is 0 Å². The fourth-order valence-electron chi connectivity index (χ4n) is 3.15. The maximum Gasteiger partial charge on any atom is 0.257 e. The van der Waals surface area contributed by atoms with Gasteiger partial charge in [-0.3, -0.25) is 19.8 Å². The van der Waals surface area contributed by atoms with Crippen molar-refractivity contribution in [2.75, 3.05) is 48.0 Å². The van der Waals surface area contributed by atoms with E-state index < -0.39 is 0 Å². The Hall–Kier alpha value is -2.45. The number of hydrogen-bond acceptors (Lipinski definition) is 6. The van der Waals surface area contributed by atoms with Gasteiger partial charge in [-0.15, -0.1) is 11.3 Å². The first-order chi connectivity index (χ1) is 12.7. The van der Waals surface area contributed by atoms with Crippen LogP contribution in [0.3, 0.4) is 0 Å². The fourth-order valence-corrected chi connectivity index (χ4v) is 3.85. The van der Waals surface area contributed by atoms with Crippen molar-refractivity contribution in [3.05, 3.63) is 35.2 Å². The van der Waals surface area contributed by atoms with Gasteiger partial charge in [-0.25, -0.2) is 4.98 Å². The summed E-state index contributed by atoms with van der Waals surface area (Å²) in [6, 6.07) is 7.55. The molecule has 1 aromatic heterocycles. The summed E-state index contributed by atoms with van der Waals surface area (Å²) in [6.07, 6.45) is 1.42. The molecule has 2 aliphatic rings. The molecule has 3 heterocycles. The second kappa shape index (κ2) is 7.43. The Morgan fingerprint density at radius 1 is 1.15 bits per heavy atom. The van der Waals surface area contributed by atoms with Gasteiger partial charge in [0.2, 0.25) is 5.91 Å². The number of morpholine rings is 1. The van der Waals surface area contributed by atoms with Gasteiger partial charge in [-0.1, -0.05) is 0 Å². The molecule has 1 aromatic carbocycles. The maximum absolute atomic E-state index is 12.4. The summed E-state index contributed by atoms with van der Waals surface area (Å²) in [4.78, 5) is 32.5. The molecular formula is C18H20N4O3S. The van der Waals surface area contributed by atoms with Crippen molar-refractivity contribution in [3.63, 3.8) is 0 Å². The van der Waals surface area contributed by atoms with Crippen molar-refractivity contribution in [2.45, 2.75) is 12.8 Å². The minimum Gasteiger partial charge on any atom is -0.378 e. The largest absolute Gasteiger partial charge is 0.378 e. The second-order valence-electron chi connectivity index (χ2n) is 6.26. The molecule has 0 bridgehead atoms. The lowest BCUT2D eigenvalue weighted by molar-refractivity contribution is -0.117. The molecule has 7 nitrogen and oxygen atoms in total. The minimum absolute atomic E-state index is 0.0897. The van der Waals surface area contributed by atoms with Gasteiger partial charge in [0.1, 0.15) is 5.82 Å². The Bertz CT molecular complexity index is 799. The third kappa shape index (κ3) is 3.56. The van der Waals surface area contributed by atoms with Crippen LogP contribution >= 0.6 is 11.3 Å². The number of ether oxygens (including phenoxy) is 1. The Kier molecular flexibility index (Phi) is 4.85. The van der Waals surface area contributed by atoms with Crippen molar-refractivity contribution in [1.29, 1.82) is 0 Å². The molecule has 2 aliphatic heterocycles. The molecule has 2 amide bonds. The Labute approximate surface area is 155 Å². The van der Waals surface area contributed by atoms with E-state index in [1.54, 1.807) is 10.3 Å². The number of rotatable bonds is 4. The standard InChI is InChI=1S/C18H20N4O3S/c23-16-2-1-7-22(16)15-12-26-18(19-15)20-17(24)13-3-5-14(6-4-13)21-8-10-25-11-9-21/h3-6,12H,1-2,7-11H2,(H,19,20,24). The highest BCUT2D eigenvalue weighted by atomic mass is 32.1. The number of carbonyl (C=O) groups excluding carboxylic acids is 2. The van der Waals surface area contributed by atoms with Crippen molar-refractivity contribution in [3.8, 4) is 0 Å². The van der Waals surface area contributed by atoms with E-state index in [0.29, 0.717) is 29.5 Å². The first-order valence-electron chi connectivity index (χ1n) is 8.71. The lowest BCUT2D eigenvalue weighted by Crippen LogP contribution is -2.36. The predicted octanol–water partition coefficient (Wildman–Crippen LogP) is 2.36. The van der Waals surface area contributed by atoms with E-state index in [9.17, 15) is 9.59 Å². The number of carbonyl (C=O) groups is 2. The quantitative estimate of drug-likeness (QED) is 0.892. The molecule has 2 fully saturated rings. The van der Waals surface area contributed by atoms with Crippen LogP contribution in [0.2, 0.25) is 0 Å². The van der Waals surface area contributed by atoms with E-state index in [-0.39, 0.29) is 11.8 Å². The van der Waals surface area contributed by atoms with Crippen molar-refractivity contribution < 1.29 is 14.3 Å². The summed E-state index contributed by atoms with van der Waals surface area (Å²) in [5.41, 5.74) is 1.67. The van der Waals surface area contributed by atoms with E-state index in [1.807, 2.05) is 24.3 Å². The number of anilines is 3. The van der Waals surface area contributed by atoms with Crippen LogP contribution in [0.25, 0.3) is 0 Å². The van der Waals surface area contributed by atoms with Crippen LogP contribution in [0.15, 0.2) is 29.6 Å². The molecule has 0 atom stereocenters. The summed E-state index contributed by atoms with van der Waals surface area (Å²) in [6.45, 7) is 3.88. The zero-order chi connectivity index (χ0) is 17.9. The molecule has 0 saturated carbocycles. The number of benzene rings is 1. The third-order valence-corrected chi connectivity index (χ3v) is 5.31. The van der Waals surface area contributed by atoms with E-state index in [2.05, 4.69) is 15.2 Å². The molecule has 136 valence electrons. The molecule has 0 aliphatic carbocycles. The smallest absolute Gasteiger partial charge is 0.257 e. The van der Waals surface area contributed by atoms with Gasteiger partial charge in [0, 0.05) is 42.7 Å². The molecule has 2 aromatic rings. The van der Waals surface area contributed by atoms with E-state index in [0.717, 1.165) is 38.4 Å². The van der Waals surface area contributed by atoms with Crippen LogP contribution < -0.4 is 15.1 Å². The molecule has 1 N–H and O–H groups in total. The highest BCUT2D eigenvalue weighted by Crippen LogP contribution is 2.26. The second-order valence-corrected chi connectivity index (χ2v) is 7.12. The molecule has 8 heteroatoms. The lowest BCUT2D eigenvalue weighted by Gasteiger charge is -2.28. The molecule has 26 heavy (non-hydrogen) atoms. The lowest BCUT2D eigenvalue weighted by atomic mass is 10.2. The number of hydrogen-bond donors (Lipinski definition) is 1. The molecule has 2 saturated heterocycles. The monoisotopic (exact) mass is 372 g/mol. The Balaban J connectivity index is 1.40. The van der Waals surface area contributed by atoms with Crippen LogP contribution in [-0.4, -0.2) is 49.6 Å².